The number of amides is 1. The van der Waals surface area contributed by atoms with Crippen molar-refractivity contribution in [2.45, 2.75) is 75.3 Å². The number of thioether (sulfide) groups is 1. The van der Waals surface area contributed by atoms with E-state index in [1.165, 1.54) is 35.7 Å². The fourth-order valence-corrected chi connectivity index (χ4v) is 5.99. The van der Waals surface area contributed by atoms with Crippen molar-refractivity contribution >= 4 is 17.7 Å². The first-order valence-electron chi connectivity index (χ1n) is 13.7. The number of carbonyl (C=O) groups excluding carboxylic acids is 1. The Kier molecular flexibility index (Phi) is 10.6. The Hall–Kier alpha value is -1.94. The zero-order valence-electron chi connectivity index (χ0n) is 22.5. The molecule has 0 unspecified atom stereocenters. The van der Waals surface area contributed by atoms with Crippen LogP contribution in [-0.4, -0.2) is 82.3 Å². The van der Waals surface area contributed by atoms with Gasteiger partial charge in [0.05, 0.1) is 0 Å². The van der Waals surface area contributed by atoms with Crippen molar-refractivity contribution in [3.63, 3.8) is 0 Å². The van der Waals surface area contributed by atoms with Crippen LogP contribution in [0.25, 0.3) is 0 Å². The van der Waals surface area contributed by atoms with Crippen molar-refractivity contribution in [3.05, 3.63) is 70.3 Å². The molecule has 8 heteroatoms. The number of hydrogen-bond donors (Lipinski definition) is 4. The van der Waals surface area contributed by atoms with Gasteiger partial charge in [-0.15, -0.1) is 11.8 Å². The lowest BCUT2D eigenvalue weighted by molar-refractivity contribution is -0.200. The van der Waals surface area contributed by atoms with Crippen LogP contribution in [0.15, 0.2) is 42.5 Å². The number of aryl methyl sites for hydroxylation is 2. The van der Waals surface area contributed by atoms with Gasteiger partial charge in [-0.25, -0.2) is 0 Å². The maximum atomic E-state index is 12.1. The molecule has 2 saturated heterocycles. The smallest absolute Gasteiger partial charge is 0.220 e. The van der Waals surface area contributed by atoms with E-state index >= 15 is 0 Å². The molecule has 4 N–H and O–H groups in total. The van der Waals surface area contributed by atoms with E-state index in [0.717, 1.165) is 62.1 Å². The summed E-state index contributed by atoms with van der Waals surface area (Å²) >= 11 is 1.32. The molecule has 208 valence electrons. The van der Waals surface area contributed by atoms with Crippen molar-refractivity contribution in [3.8, 4) is 0 Å². The third-order valence-electron chi connectivity index (χ3n) is 7.74. The fourth-order valence-electron chi connectivity index (χ4n) is 5.32. The molecule has 2 aromatic carbocycles. The summed E-state index contributed by atoms with van der Waals surface area (Å²) in [6.07, 6.45) is 3.05. The number of hydrogen-bond acceptors (Lipinski definition) is 7. The van der Waals surface area contributed by atoms with E-state index in [-0.39, 0.29) is 5.91 Å². The third kappa shape index (κ3) is 7.58. The fraction of sp³-hybridized carbons (Fsp3) is 0.567. The van der Waals surface area contributed by atoms with Crippen LogP contribution in [0, 0.1) is 6.92 Å². The molecule has 2 aromatic rings. The molecule has 1 amide bonds. The van der Waals surface area contributed by atoms with Crippen LogP contribution in [0.3, 0.4) is 0 Å². The molecule has 5 atom stereocenters. The van der Waals surface area contributed by atoms with Crippen LogP contribution in [0.2, 0.25) is 0 Å². The summed E-state index contributed by atoms with van der Waals surface area (Å²) < 4.78 is 5.95. The van der Waals surface area contributed by atoms with Crippen molar-refractivity contribution in [2.75, 3.05) is 32.4 Å². The largest absolute Gasteiger partial charge is 0.387 e. The highest BCUT2D eigenvalue weighted by atomic mass is 32.2. The minimum Gasteiger partial charge on any atom is -0.387 e. The molecule has 4 rings (SSSR count). The Morgan fingerprint density at radius 1 is 1.03 bits per heavy atom. The molecule has 2 heterocycles. The average Bonchev–Trinajstić information content (AvgIpc) is 3.43. The quantitative estimate of drug-likeness (QED) is 0.346. The van der Waals surface area contributed by atoms with Gasteiger partial charge in [-0.3, -0.25) is 4.79 Å². The van der Waals surface area contributed by atoms with E-state index in [0.29, 0.717) is 6.42 Å². The lowest BCUT2D eigenvalue weighted by atomic mass is 9.91. The van der Waals surface area contributed by atoms with Crippen molar-refractivity contribution in [2.24, 2.45) is 0 Å². The molecule has 0 spiro atoms. The van der Waals surface area contributed by atoms with Gasteiger partial charge in [0.1, 0.15) is 29.9 Å². The molecular weight excluding hydrogens is 500 g/mol. The first-order chi connectivity index (χ1) is 18.4. The van der Waals surface area contributed by atoms with Gasteiger partial charge in [0.25, 0.3) is 0 Å². The van der Waals surface area contributed by atoms with Gasteiger partial charge in [-0.2, -0.15) is 0 Å². The Balaban J connectivity index is 1.28. The van der Waals surface area contributed by atoms with Crippen LogP contribution in [0.1, 0.15) is 59.6 Å². The Morgan fingerprint density at radius 2 is 1.74 bits per heavy atom. The number of aliphatic hydroxyl groups is 3. The summed E-state index contributed by atoms with van der Waals surface area (Å²) in [4.78, 5) is 14.6. The second-order valence-electron chi connectivity index (χ2n) is 10.6. The van der Waals surface area contributed by atoms with Gasteiger partial charge < -0.3 is 30.3 Å². The van der Waals surface area contributed by atoms with Crippen molar-refractivity contribution < 1.29 is 24.9 Å². The van der Waals surface area contributed by atoms with Crippen LogP contribution in [0.5, 0.6) is 0 Å². The zero-order valence-corrected chi connectivity index (χ0v) is 23.3. The maximum Gasteiger partial charge on any atom is 0.220 e. The lowest BCUT2D eigenvalue weighted by Crippen LogP contribution is -2.52. The van der Waals surface area contributed by atoms with Crippen LogP contribution < -0.4 is 5.32 Å². The molecule has 2 aliphatic rings. The second-order valence-corrected chi connectivity index (χ2v) is 11.5. The van der Waals surface area contributed by atoms with E-state index in [2.05, 4.69) is 41.4 Å². The summed E-state index contributed by atoms with van der Waals surface area (Å²) in [6.45, 7) is 6.06. The van der Waals surface area contributed by atoms with E-state index in [4.69, 9.17) is 4.74 Å². The van der Waals surface area contributed by atoms with Crippen LogP contribution in [-0.2, 0) is 22.4 Å². The first-order valence-corrected chi connectivity index (χ1v) is 15.0. The molecule has 0 radical (unpaired) electrons. The molecular formula is C30H42N2O5S. The van der Waals surface area contributed by atoms with Crippen LogP contribution >= 0.6 is 11.8 Å². The highest BCUT2D eigenvalue weighted by Crippen LogP contribution is 2.36. The first kappa shape index (κ1) is 29.1. The predicted octanol–water partition coefficient (Wildman–Crippen LogP) is 2.96. The van der Waals surface area contributed by atoms with Gasteiger partial charge in [-0.1, -0.05) is 42.5 Å². The molecule has 38 heavy (non-hydrogen) atoms. The topological polar surface area (TPSA) is 102 Å². The van der Waals surface area contributed by atoms with E-state index in [9.17, 15) is 20.1 Å². The van der Waals surface area contributed by atoms with E-state index in [1.807, 2.05) is 24.5 Å². The van der Waals surface area contributed by atoms with Crippen molar-refractivity contribution in [1.29, 1.82) is 0 Å². The number of nitrogens with one attached hydrogen (secondary N) is 1. The number of likely N-dealkylation sites (tertiary alicyclic amines) is 1. The third-order valence-corrected chi connectivity index (χ3v) is 8.59. The van der Waals surface area contributed by atoms with E-state index in [1.54, 1.807) is 0 Å². The number of nitrogens with zero attached hydrogens (tertiary/aromatic N) is 1. The molecule has 2 aliphatic heterocycles. The number of carbonyl (C=O) groups is 1. The number of rotatable bonds is 11. The average molecular weight is 543 g/mol. The number of aliphatic hydroxyl groups excluding tert-OH is 3. The maximum absolute atomic E-state index is 12.1. The Morgan fingerprint density at radius 3 is 2.45 bits per heavy atom. The van der Waals surface area contributed by atoms with Crippen LogP contribution in [0.4, 0.5) is 0 Å². The van der Waals surface area contributed by atoms with Crippen molar-refractivity contribution in [1.82, 2.24) is 10.2 Å². The standard InChI is InChI=1S/C30H42N2O5S/c1-20-8-13-23(29-27(35)26(34)28(36)30(37-29)38-2)19-24(20)18-22-11-9-21(10-12-22)6-5-7-25(33)31-14-17-32-15-3-4-16-32/h8-13,19,26-30,34-36H,3-7,14-18H2,1-2H3,(H,31,33)/t26-,27-,28+,29+,30-/m1/s1. The molecule has 0 aromatic heterocycles. The highest BCUT2D eigenvalue weighted by molar-refractivity contribution is 7.99. The second kappa shape index (κ2) is 13.9. The summed E-state index contributed by atoms with van der Waals surface area (Å²) in [5, 5.41) is 34.1. The molecule has 2 fully saturated rings. The summed E-state index contributed by atoms with van der Waals surface area (Å²) in [7, 11) is 0. The van der Waals surface area contributed by atoms with E-state index < -0.39 is 29.9 Å². The SMILES string of the molecule is CS[C@H]1O[C@@H](c2ccc(C)c(Cc3ccc(CCCC(=O)NCCN4CCCC4)cc3)c2)[C@H](O)[C@@H](O)[C@@H]1O. The summed E-state index contributed by atoms with van der Waals surface area (Å²) in [5.74, 6) is 0.133. The molecule has 7 nitrogen and oxygen atoms in total. The molecule has 0 aliphatic carbocycles. The Labute approximate surface area is 230 Å². The van der Waals surface area contributed by atoms with Gasteiger partial charge in [0.15, 0.2) is 0 Å². The predicted molar refractivity (Wildman–Crippen MR) is 151 cm³/mol. The monoisotopic (exact) mass is 542 g/mol. The van der Waals surface area contributed by atoms with Gasteiger partial charge in [-0.05, 0) is 86.2 Å². The minimum absolute atomic E-state index is 0.133. The van der Waals surface area contributed by atoms with Gasteiger partial charge >= 0.3 is 0 Å². The minimum atomic E-state index is -1.26. The number of ether oxygens (including phenoxy) is 1. The summed E-state index contributed by atoms with van der Waals surface area (Å²) in [5.41, 5.74) is 4.85. The number of benzene rings is 2. The van der Waals surface area contributed by atoms with Gasteiger partial charge in [0, 0.05) is 19.5 Å². The highest BCUT2D eigenvalue weighted by Gasteiger charge is 2.44. The molecule has 0 bridgehead atoms. The molecule has 0 saturated carbocycles. The zero-order chi connectivity index (χ0) is 27.1. The Bertz CT molecular complexity index is 1040. The lowest BCUT2D eigenvalue weighted by Gasteiger charge is -2.40. The normalized spacial score (nSPS) is 26.0. The summed E-state index contributed by atoms with van der Waals surface area (Å²) in [6, 6.07) is 14.5. The van der Waals surface area contributed by atoms with Gasteiger partial charge in [0.2, 0.25) is 5.91 Å².